The lowest BCUT2D eigenvalue weighted by atomic mass is 9.95. The highest BCUT2D eigenvalue weighted by molar-refractivity contribution is 6.31. The van der Waals surface area contributed by atoms with Gasteiger partial charge in [-0.2, -0.15) is 0 Å². The van der Waals surface area contributed by atoms with Crippen LogP contribution >= 0.6 is 11.6 Å². The summed E-state index contributed by atoms with van der Waals surface area (Å²) in [5.74, 6) is -0.441. The first-order chi connectivity index (χ1) is 16.1. The molecule has 1 fully saturated rings. The van der Waals surface area contributed by atoms with Crippen molar-refractivity contribution in [3.05, 3.63) is 58.6 Å². The lowest BCUT2D eigenvalue weighted by Crippen LogP contribution is -2.41. The number of nitrogens with one attached hydrogen (secondary N) is 1. The summed E-state index contributed by atoms with van der Waals surface area (Å²) >= 11 is 6.26. The summed E-state index contributed by atoms with van der Waals surface area (Å²) in [6.45, 7) is 9.09. The van der Waals surface area contributed by atoms with E-state index in [1.807, 2.05) is 24.3 Å². The number of carbonyl (C=O) groups excluding carboxylic acids is 1. The predicted molar refractivity (Wildman–Crippen MR) is 136 cm³/mol. The average Bonchev–Trinajstić information content (AvgIpc) is 2.80. The van der Waals surface area contributed by atoms with Gasteiger partial charge >= 0.3 is 5.97 Å². The summed E-state index contributed by atoms with van der Waals surface area (Å²) in [5, 5.41) is 13.0. The molecule has 7 heteroatoms. The van der Waals surface area contributed by atoms with Crippen LogP contribution in [0.2, 0.25) is 5.02 Å². The van der Waals surface area contributed by atoms with E-state index in [9.17, 15) is 14.7 Å². The van der Waals surface area contributed by atoms with Crippen molar-refractivity contribution in [3.63, 3.8) is 0 Å². The molecule has 1 atom stereocenters. The third-order valence-electron chi connectivity index (χ3n) is 6.29. The third kappa shape index (κ3) is 6.66. The van der Waals surface area contributed by atoms with Crippen molar-refractivity contribution in [2.45, 2.75) is 65.0 Å². The molecule has 1 aliphatic rings. The number of aliphatic carboxylic acids is 1. The van der Waals surface area contributed by atoms with E-state index in [0.29, 0.717) is 22.8 Å². The van der Waals surface area contributed by atoms with Crippen molar-refractivity contribution in [3.8, 4) is 5.75 Å². The van der Waals surface area contributed by atoms with Crippen LogP contribution in [-0.2, 0) is 11.2 Å². The molecule has 0 bridgehead atoms. The molecule has 0 aliphatic carbocycles. The molecule has 2 aromatic carbocycles. The molecule has 2 N–H and O–H groups in total. The second-order valence-corrected chi connectivity index (χ2v) is 10.2. The van der Waals surface area contributed by atoms with Gasteiger partial charge in [-0.25, -0.2) is 4.79 Å². The molecule has 1 heterocycles. The van der Waals surface area contributed by atoms with Gasteiger partial charge in [-0.1, -0.05) is 37.6 Å². The van der Waals surface area contributed by atoms with Crippen molar-refractivity contribution < 1.29 is 19.4 Å². The molecule has 3 rings (SSSR count). The summed E-state index contributed by atoms with van der Waals surface area (Å²) < 4.78 is 5.59. The first-order valence-electron chi connectivity index (χ1n) is 11.9. The minimum atomic E-state index is -1.31. The zero-order valence-corrected chi connectivity index (χ0v) is 21.2. The summed E-state index contributed by atoms with van der Waals surface area (Å²) in [6.07, 6.45) is 4.12. The highest BCUT2D eigenvalue weighted by atomic mass is 35.5. The molecule has 6 nitrogen and oxygen atoms in total. The number of carbonyl (C=O) groups is 2. The monoisotopic (exact) mass is 486 g/mol. The number of halogens is 1. The smallest absolute Gasteiger partial charge is 0.347 e. The van der Waals surface area contributed by atoms with Gasteiger partial charge in [0.25, 0.3) is 5.91 Å². The van der Waals surface area contributed by atoms with Crippen LogP contribution in [0.4, 0.5) is 5.69 Å². The van der Waals surface area contributed by atoms with E-state index in [0.717, 1.165) is 37.2 Å². The number of anilines is 1. The van der Waals surface area contributed by atoms with Gasteiger partial charge in [0.05, 0.1) is 5.56 Å². The van der Waals surface area contributed by atoms with E-state index in [2.05, 4.69) is 24.1 Å². The standard InChI is InChI=1S/C27H35ClN2O4/c1-18(2)23(16-19-8-11-21(12-9-19)34-27(3,4)26(32)33)29-25(31)22-17-20(28)10-13-24(22)30-14-6-5-7-15-30/h8-13,17-18,23H,5-7,14-16H2,1-4H3,(H,29,31)(H,32,33). The van der Waals surface area contributed by atoms with Crippen LogP contribution < -0.4 is 15.0 Å². The van der Waals surface area contributed by atoms with Gasteiger partial charge in [-0.15, -0.1) is 0 Å². The number of rotatable bonds is 9. The maximum absolute atomic E-state index is 13.4. The molecular weight excluding hydrogens is 452 g/mol. The van der Waals surface area contributed by atoms with Crippen LogP contribution in [0.5, 0.6) is 5.75 Å². The molecule has 34 heavy (non-hydrogen) atoms. The van der Waals surface area contributed by atoms with Crippen molar-refractivity contribution in [2.75, 3.05) is 18.0 Å². The number of piperidine rings is 1. The zero-order chi connectivity index (χ0) is 24.9. The zero-order valence-electron chi connectivity index (χ0n) is 20.4. The molecule has 0 saturated carbocycles. The fourth-order valence-corrected chi connectivity index (χ4v) is 4.26. The molecule has 1 amide bonds. The first kappa shape index (κ1) is 25.9. The molecule has 184 valence electrons. The molecule has 0 spiro atoms. The highest BCUT2D eigenvalue weighted by Gasteiger charge is 2.29. The number of benzene rings is 2. The Labute approximate surface area is 207 Å². The van der Waals surface area contributed by atoms with E-state index in [4.69, 9.17) is 16.3 Å². The Morgan fingerprint density at radius 1 is 1.09 bits per heavy atom. The van der Waals surface area contributed by atoms with Crippen molar-refractivity contribution in [2.24, 2.45) is 5.92 Å². The lowest BCUT2D eigenvalue weighted by Gasteiger charge is -2.31. The van der Waals surface area contributed by atoms with Gasteiger partial charge in [-0.05, 0) is 81.3 Å². The van der Waals surface area contributed by atoms with E-state index < -0.39 is 11.6 Å². The maximum Gasteiger partial charge on any atom is 0.347 e. The van der Waals surface area contributed by atoms with Crippen LogP contribution in [0.15, 0.2) is 42.5 Å². The van der Waals surface area contributed by atoms with Crippen LogP contribution in [0, 0.1) is 5.92 Å². The van der Waals surface area contributed by atoms with E-state index in [-0.39, 0.29) is 17.9 Å². The minimum absolute atomic E-state index is 0.0806. The molecule has 1 aliphatic heterocycles. The summed E-state index contributed by atoms with van der Waals surface area (Å²) in [4.78, 5) is 26.9. The Kier molecular flexibility index (Phi) is 8.47. The second kappa shape index (κ2) is 11.1. The molecule has 0 aromatic heterocycles. The largest absolute Gasteiger partial charge is 0.478 e. The van der Waals surface area contributed by atoms with Gasteiger partial charge in [0, 0.05) is 29.8 Å². The minimum Gasteiger partial charge on any atom is -0.478 e. The summed E-state index contributed by atoms with van der Waals surface area (Å²) in [7, 11) is 0. The van der Waals surface area contributed by atoms with Gasteiger partial charge in [-0.3, -0.25) is 4.79 Å². The number of ether oxygens (including phenoxy) is 1. The Morgan fingerprint density at radius 3 is 2.32 bits per heavy atom. The summed E-state index contributed by atoms with van der Waals surface area (Å²) in [5.41, 5.74) is 1.27. The average molecular weight is 487 g/mol. The molecule has 1 unspecified atom stereocenters. The number of carboxylic acid groups (broad SMARTS) is 1. The van der Waals surface area contributed by atoms with Crippen LogP contribution in [-0.4, -0.2) is 41.7 Å². The van der Waals surface area contributed by atoms with E-state index >= 15 is 0 Å². The number of carboxylic acids is 1. The van der Waals surface area contributed by atoms with E-state index in [1.54, 1.807) is 18.2 Å². The number of amides is 1. The van der Waals surface area contributed by atoms with Crippen LogP contribution in [0.3, 0.4) is 0 Å². The predicted octanol–water partition coefficient (Wildman–Crippen LogP) is 5.57. The topological polar surface area (TPSA) is 78.9 Å². The highest BCUT2D eigenvalue weighted by Crippen LogP contribution is 2.28. The molecular formula is C27H35ClN2O4. The van der Waals surface area contributed by atoms with Crippen LogP contribution in [0.1, 0.15) is 62.9 Å². The maximum atomic E-state index is 13.4. The number of hydrogen-bond donors (Lipinski definition) is 2. The quantitative estimate of drug-likeness (QED) is 0.484. The second-order valence-electron chi connectivity index (χ2n) is 9.80. The lowest BCUT2D eigenvalue weighted by molar-refractivity contribution is -0.152. The van der Waals surface area contributed by atoms with E-state index in [1.165, 1.54) is 20.3 Å². The van der Waals surface area contributed by atoms with Gasteiger partial charge < -0.3 is 20.1 Å². The van der Waals surface area contributed by atoms with Crippen molar-refractivity contribution in [1.82, 2.24) is 5.32 Å². The Morgan fingerprint density at radius 2 is 1.74 bits per heavy atom. The SMILES string of the molecule is CC(C)C(Cc1ccc(OC(C)(C)C(=O)O)cc1)NC(=O)c1cc(Cl)ccc1N1CCCCC1. The molecule has 0 radical (unpaired) electrons. The van der Waals surface area contributed by atoms with Crippen molar-refractivity contribution >= 4 is 29.2 Å². The fourth-order valence-electron chi connectivity index (χ4n) is 4.09. The van der Waals surface area contributed by atoms with Crippen LogP contribution in [0.25, 0.3) is 0 Å². The Bertz CT molecular complexity index is 998. The third-order valence-corrected chi connectivity index (χ3v) is 6.52. The summed E-state index contributed by atoms with van der Waals surface area (Å²) in [6, 6.07) is 12.8. The Hall–Kier alpha value is -2.73. The van der Waals surface area contributed by atoms with Gasteiger partial charge in [0.1, 0.15) is 5.75 Å². The first-order valence-corrected chi connectivity index (χ1v) is 12.3. The van der Waals surface area contributed by atoms with Gasteiger partial charge in [0.2, 0.25) is 0 Å². The number of nitrogens with zero attached hydrogens (tertiary/aromatic N) is 1. The van der Waals surface area contributed by atoms with Gasteiger partial charge in [0.15, 0.2) is 5.60 Å². The molecule has 1 saturated heterocycles. The molecule has 2 aromatic rings. The van der Waals surface area contributed by atoms with Crippen molar-refractivity contribution in [1.29, 1.82) is 0 Å². The normalized spacial score (nSPS) is 15.2. The number of hydrogen-bond acceptors (Lipinski definition) is 4. The fraction of sp³-hybridized carbons (Fsp3) is 0.481. The Balaban J connectivity index is 1.73.